The van der Waals surface area contributed by atoms with E-state index in [0.717, 1.165) is 40.1 Å². The first-order valence-electron chi connectivity index (χ1n) is 11.7. The molecule has 1 amide bonds. The summed E-state index contributed by atoms with van der Waals surface area (Å²) in [6.07, 6.45) is 9.99. The fraction of sp³-hybridized carbons (Fsp3) is 0.727. The summed E-state index contributed by atoms with van der Waals surface area (Å²) in [5.41, 5.74) is 0.793. The molecule has 1 saturated carbocycles. The van der Waals surface area contributed by atoms with Crippen LogP contribution in [-0.2, 0) is 16.1 Å². The minimum Gasteiger partial charge on any atom is -0.380 e. The first-order valence-corrected chi connectivity index (χ1v) is 12.6. The van der Waals surface area contributed by atoms with Gasteiger partial charge in [0, 0.05) is 26.1 Å². The van der Waals surface area contributed by atoms with Gasteiger partial charge in [-0.2, -0.15) is 5.10 Å². The standard InChI is InChI=1S/C22H36N6O2S/c1-3-30-15-13-24-20-18-16-25-28(21(18)27-22(26-20)31-4-2)14-12-23-19(29)11-10-17-8-6-5-7-9-17/h16-17H,3-15H2,1-2H3,(H,23,29)(H,24,26,27). The maximum atomic E-state index is 12.3. The van der Waals surface area contributed by atoms with E-state index in [9.17, 15) is 4.79 Å². The number of nitrogens with zero attached hydrogens (tertiary/aromatic N) is 4. The second kappa shape index (κ2) is 12.9. The molecule has 2 N–H and O–H groups in total. The fourth-order valence-electron chi connectivity index (χ4n) is 4.01. The van der Waals surface area contributed by atoms with Crippen LogP contribution in [0.15, 0.2) is 11.4 Å². The molecule has 1 fully saturated rings. The highest BCUT2D eigenvalue weighted by Crippen LogP contribution is 2.27. The molecule has 1 aliphatic carbocycles. The van der Waals surface area contributed by atoms with E-state index in [0.29, 0.717) is 39.3 Å². The van der Waals surface area contributed by atoms with E-state index in [-0.39, 0.29) is 5.91 Å². The molecule has 0 unspecified atom stereocenters. The minimum atomic E-state index is 0.136. The Morgan fingerprint density at radius 3 is 2.84 bits per heavy atom. The second-order valence-corrected chi connectivity index (χ2v) is 9.14. The third-order valence-electron chi connectivity index (χ3n) is 5.64. The summed E-state index contributed by atoms with van der Waals surface area (Å²) in [7, 11) is 0. The zero-order chi connectivity index (χ0) is 21.9. The first-order chi connectivity index (χ1) is 15.2. The van der Waals surface area contributed by atoms with Gasteiger partial charge < -0.3 is 15.4 Å². The Hall–Kier alpha value is -1.87. The van der Waals surface area contributed by atoms with Crippen LogP contribution >= 0.6 is 11.8 Å². The molecule has 2 heterocycles. The van der Waals surface area contributed by atoms with Crippen molar-refractivity contribution < 1.29 is 9.53 Å². The van der Waals surface area contributed by atoms with Crippen molar-refractivity contribution in [1.82, 2.24) is 25.1 Å². The number of ether oxygens (including phenoxy) is 1. The van der Waals surface area contributed by atoms with E-state index < -0.39 is 0 Å². The van der Waals surface area contributed by atoms with Crippen molar-refractivity contribution >= 4 is 34.5 Å². The van der Waals surface area contributed by atoms with Crippen molar-refractivity contribution in [2.24, 2.45) is 5.92 Å². The lowest BCUT2D eigenvalue weighted by Gasteiger charge is -2.20. The number of carbonyl (C=O) groups excluding carboxylic acids is 1. The summed E-state index contributed by atoms with van der Waals surface area (Å²) < 4.78 is 7.27. The Balaban J connectivity index is 1.55. The van der Waals surface area contributed by atoms with Gasteiger partial charge in [0.15, 0.2) is 10.8 Å². The van der Waals surface area contributed by atoms with Crippen molar-refractivity contribution in [3.63, 3.8) is 0 Å². The lowest BCUT2D eigenvalue weighted by atomic mass is 9.86. The van der Waals surface area contributed by atoms with Gasteiger partial charge in [-0.25, -0.2) is 14.6 Å². The van der Waals surface area contributed by atoms with Gasteiger partial charge in [-0.15, -0.1) is 0 Å². The third kappa shape index (κ3) is 7.35. The Morgan fingerprint density at radius 2 is 2.06 bits per heavy atom. The van der Waals surface area contributed by atoms with Gasteiger partial charge in [-0.1, -0.05) is 50.8 Å². The van der Waals surface area contributed by atoms with Crippen LogP contribution in [-0.4, -0.2) is 57.7 Å². The molecule has 0 aliphatic heterocycles. The molecule has 0 bridgehead atoms. The number of nitrogens with one attached hydrogen (secondary N) is 2. The van der Waals surface area contributed by atoms with Crippen molar-refractivity contribution in [3.8, 4) is 0 Å². The summed E-state index contributed by atoms with van der Waals surface area (Å²) >= 11 is 1.60. The Kier molecular flexibility index (Phi) is 9.86. The zero-order valence-corrected chi connectivity index (χ0v) is 19.7. The van der Waals surface area contributed by atoms with Crippen LogP contribution < -0.4 is 10.6 Å². The van der Waals surface area contributed by atoms with E-state index in [1.165, 1.54) is 32.1 Å². The lowest BCUT2D eigenvalue weighted by Crippen LogP contribution is -2.28. The van der Waals surface area contributed by atoms with Gasteiger partial charge in [0.05, 0.1) is 24.7 Å². The van der Waals surface area contributed by atoms with Crippen molar-refractivity contribution in [1.29, 1.82) is 0 Å². The lowest BCUT2D eigenvalue weighted by molar-refractivity contribution is -0.121. The summed E-state index contributed by atoms with van der Waals surface area (Å²) in [5, 5.41) is 12.5. The molecular formula is C22H36N6O2S. The smallest absolute Gasteiger partial charge is 0.220 e. The summed E-state index contributed by atoms with van der Waals surface area (Å²) in [6, 6.07) is 0. The number of amides is 1. The molecule has 8 nitrogen and oxygen atoms in total. The number of carbonyl (C=O) groups is 1. The quantitative estimate of drug-likeness (QED) is 0.273. The number of hydrogen-bond donors (Lipinski definition) is 2. The SMILES string of the molecule is CCOCCNc1nc(SCC)nc2c1cnn2CCNC(=O)CCC1CCCCC1. The number of anilines is 1. The van der Waals surface area contributed by atoms with Crippen molar-refractivity contribution in [2.75, 3.05) is 37.4 Å². The molecule has 172 valence electrons. The van der Waals surface area contributed by atoms with Crippen LogP contribution in [0, 0.1) is 5.92 Å². The molecule has 0 atom stereocenters. The van der Waals surface area contributed by atoms with Gasteiger partial charge in [-0.05, 0) is 25.0 Å². The topological polar surface area (TPSA) is 94.0 Å². The van der Waals surface area contributed by atoms with E-state index in [4.69, 9.17) is 9.72 Å². The number of rotatable bonds is 13. The average Bonchev–Trinajstić information content (AvgIpc) is 3.19. The normalized spacial score (nSPS) is 14.8. The van der Waals surface area contributed by atoms with Gasteiger partial charge in [0.25, 0.3) is 0 Å². The predicted octanol–water partition coefficient (Wildman–Crippen LogP) is 3.86. The van der Waals surface area contributed by atoms with Crippen LogP contribution in [0.5, 0.6) is 0 Å². The summed E-state index contributed by atoms with van der Waals surface area (Å²) in [6.45, 7) is 7.20. The zero-order valence-electron chi connectivity index (χ0n) is 18.9. The van der Waals surface area contributed by atoms with E-state index in [1.54, 1.807) is 18.0 Å². The van der Waals surface area contributed by atoms with Crippen LogP contribution in [0.2, 0.25) is 0 Å². The molecule has 9 heteroatoms. The molecule has 0 saturated heterocycles. The minimum absolute atomic E-state index is 0.136. The molecule has 0 radical (unpaired) electrons. The Morgan fingerprint density at radius 1 is 1.23 bits per heavy atom. The highest BCUT2D eigenvalue weighted by atomic mass is 32.2. The van der Waals surface area contributed by atoms with E-state index in [2.05, 4.69) is 27.6 Å². The van der Waals surface area contributed by atoms with E-state index in [1.807, 2.05) is 11.6 Å². The summed E-state index contributed by atoms with van der Waals surface area (Å²) in [5.74, 6) is 2.55. The maximum Gasteiger partial charge on any atom is 0.220 e. The molecule has 2 aromatic heterocycles. The maximum absolute atomic E-state index is 12.3. The van der Waals surface area contributed by atoms with Gasteiger partial charge >= 0.3 is 0 Å². The highest BCUT2D eigenvalue weighted by Gasteiger charge is 2.16. The van der Waals surface area contributed by atoms with Crippen LogP contribution in [0.3, 0.4) is 0 Å². The molecule has 0 aromatic carbocycles. The van der Waals surface area contributed by atoms with Gasteiger partial charge in [0.2, 0.25) is 5.91 Å². The van der Waals surface area contributed by atoms with Crippen molar-refractivity contribution in [2.45, 2.75) is 70.5 Å². The highest BCUT2D eigenvalue weighted by molar-refractivity contribution is 7.99. The number of hydrogen-bond acceptors (Lipinski definition) is 7. The molecule has 1 aliphatic rings. The number of thioether (sulfide) groups is 1. The monoisotopic (exact) mass is 448 g/mol. The number of aromatic nitrogens is 4. The van der Waals surface area contributed by atoms with Gasteiger partial charge in [-0.3, -0.25) is 4.79 Å². The average molecular weight is 449 g/mol. The molecule has 31 heavy (non-hydrogen) atoms. The first kappa shape index (κ1) is 23.8. The Labute approximate surface area is 189 Å². The van der Waals surface area contributed by atoms with Crippen LogP contribution in [0.4, 0.5) is 5.82 Å². The Bertz CT molecular complexity index is 822. The van der Waals surface area contributed by atoms with Crippen LogP contribution in [0.1, 0.15) is 58.8 Å². The van der Waals surface area contributed by atoms with Crippen molar-refractivity contribution in [3.05, 3.63) is 6.20 Å². The van der Waals surface area contributed by atoms with Crippen LogP contribution in [0.25, 0.3) is 11.0 Å². The molecule has 0 spiro atoms. The fourth-order valence-corrected chi connectivity index (χ4v) is 4.58. The second-order valence-electron chi connectivity index (χ2n) is 7.91. The molecular weight excluding hydrogens is 412 g/mol. The third-order valence-corrected chi connectivity index (χ3v) is 6.37. The largest absolute Gasteiger partial charge is 0.380 e. The summed E-state index contributed by atoms with van der Waals surface area (Å²) in [4.78, 5) is 21.6. The molecule has 2 aromatic rings. The predicted molar refractivity (Wildman–Crippen MR) is 126 cm³/mol. The molecule has 3 rings (SSSR count). The van der Waals surface area contributed by atoms with Gasteiger partial charge in [0.1, 0.15) is 5.82 Å². The van der Waals surface area contributed by atoms with E-state index >= 15 is 0 Å². The number of fused-ring (bicyclic) bond motifs is 1.